The van der Waals surface area contributed by atoms with Crippen LogP contribution >= 0.6 is 0 Å². The molecule has 5 heteroatoms. The van der Waals surface area contributed by atoms with E-state index in [2.05, 4.69) is 0 Å². The summed E-state index contributed by atoms with van der Waals surface area (Å²) in [7, 11) is -1.27. The van der Waals surface area contributed by atoms with E-state index in [1.54, 1.807) is 0 Å². The number of carbonyl (C=O) groups is 1. The first-order chi connectivity index (χ1) is 7.02. The van der Waals surface area contributed by atoms with E-state index in [1.807, 2.05) is 13.8 Å². The quantitative estimate of drug-likeness (QED) is 0.535. The lowest BCUT2D eigenvalue weighted by Gasteiger charge is -2.21. The SMILES string of the molecule is CCC(CCCB(O)O)[C@@H](CC)C(=O)O. The van der Waals surface area contributed by atoms with Gasteiger partial charge in [-0.3, -0.25) is 4.79 Å². The Balaban J connectivity index is 4.04. The van der Waals surface area contributed by atoms with Gasteiger partial charge in [0.1, 0.15) is 0 Å². The summed E-state index contributed by atoms with van der Waals surface area (Å²) in [4.78, 5) is 10.9. The van der Waals surface area contributed by atoms with Gasteiger partial charge in [-0.1, -0.05) is 33.1 Å². The third kappa shape index (κ3) is 5.79. The summed E-state index contributed by atoms with van der Waals surface area (Å²) in [5.74, 6) is -0.897. The van der Waals surface area contributed by atoms with Crippen LogP contribution in [0.4, 0.5) is 0 Å². The first-order valence-electron chi connectivity index (χ1n) is 5.61. The van der Waals surface area contributed by atoms with Gasteiger partial charge in [-0.2, -0.15) is 0 Å². The van der Waals surface area contributed by atoms with Gasteiger partial charge < -0.3 is 15.2 Å². The second-order valence-corrected chi connectivity index (χ2v) is 3.93. The molecule has 0 aliphatic heterocycles. The fourth-order valence-electron chi connectivity index (χ4n) is 1.96. The second kappa shape index (κ2) is 7.71. The molecule has 88 valence electrons. The number of rotatable bonds is 8. The molecule has 15 heavy (non-hydrogen) atoms. The summed E-state index contributed by atoms with van der Waals surface area (Å²) in [6, 6.07) is 0. The number of hydrogen-bond acceptors (Lipinski definition) is 3. The molecule has 1 unspecified atom stereocenters. The number of aliphatic carboxylic acids is 1. The third-order valence-electron chi connectivity index (χ3n) is 2.89. The Morgan fingerprint density at radius 1 is 1.27 bits per heavy atom. The van der Waals surface area contributed by atoms with Gasteiger partial charge in [0.2, 0.25) is 0 Å². The molecule has 3 N–H and O–H groups in total. The molecule has 0 aromatic heterocycles. The molecule has 0 bridgehead atoms. The molecule has 4 nitrogen and oxygen atoms in total. The van der Waals surface area contributed by atoms with Gasteiger partial charge in [-0.15, -0.1) is 0 Å². The van der Waals surface area contributed by atoms with E-state index in [1.165, 1.54) is 0 Å². The summed E-state index contributed by atoms with van der Waals surface area (Å²) < 4.78 is 0. The van der Waals surface area contributed by atoms with E-state index >= 15 is 0 Å². The molecule has 0 rings (SSSR count). The van der Waals surface area contributed by atoms with Crippen molar-refractivity contribution in [3.05, 3.63) is 0 Å². The van der Waals surface area contributed by atoms with Crippen molar-refractivity contribution in [3.8, 4) is 0 Å². The summed E-state index contributed by atoms with van der Waals surface area (Å²) in [6.45, 7) is 3.86. The Kier molecular flexibility index (Phi) is 7.43. The van der Waals surface area contributed by atoms with Crippen LogP contribution in [0.15, 0.2) is 0 Å². The maximum absolute atomic E-state index is 10.9. The van der Waals surface area contributed by atoms with Crippen molar-refractivity contribution in [1.29, 1.82) is 0 Å². The minimum atomic E-state index is -1.27. The standard InChI is InChI=1S/C10H21BO4/c1-3-8(6-5-7-11(14)15)9(4-2)10(12)13/h8-9,14-15H,3-7H2,1-2H3,(H,12,13)/t8?,9-/m1/s1. The summed E-state index contributed by atoms with van der Waals surface area (Å²) in [5, 5.41) is 26.3. The highest BCUT2D eigenvalue weighted by Gasteiger charge is 2.24. The molecule has 0 amide bonds. The zero-order chi connectivity index (χ0) is 11.8. The molecule has 0 fully saturated rings. The lowest BCUT2D eigenvalue weighted by atomic mass is 9.78. The highest BCUT2D eigenvalue weighted by molar-refractivity contribution is 6.40. The van der Waals surface area contributed by atoms with Crippen LogP contribution in [0, 0.1) is 11.8 Å². The van der Waals surface area contributed by atoms with E-state index in [-0.39, 0.29) is 11.8 Å². The van der Waals surface area contributed by atoms with Gasteiger partial charge >= 0.3 is 13.1 Å². The topological polar surface area (TPSA) is 77.8 Å². The maximum Gasteiger partial charge on any atom is 0.451 e. The molecule has 2 atom stereocenters. The molecular formula is C10H21BO4. The van der Waals surface area contributed by atoms with E-state index in [4.69, 9.17) is 15.2 Å². The fourth-order valence-corrected chi connectivity index (χ4v) is 1.96. The lowest BCUT2D eigenvalue weighted by molar-refractivity contribution is -0.144. The van der Waals surface area contributed by atoms with E-state index < -0.39 is 13.1 Å². The molecule has 0 aliphatic carbocycles. The predicted molar refractivity (Wildman–Crippen MR) is 59.4 cm³/mol. The average Bonchev–Trinajstić information content (AvgIpc) is 2.15. The number of carboxylic acid groups (broad SMARTS) is 1. The molecule has 0 heterocycles. The molecular weight excluding hydrogens is 195 g/mol. The highest BCUT2D eigenvalue weighted by atomic mass is 16.4. The number of carboxylic acids is 1. The molecule has 0 saturated heterocycles. The molecule has 0 spiro atoms. The van der Waals surface area contributed by atoms with Crippen LogP contribution < -0.4 is 0 Å². The smallest absolute Gasteiger partial charge is 0.451 e. The van der Waals surface area contributed by atoms with Crippen molar-refractivity contribution in [2.45, 2.75) is 45.9 Å². The molecule has 0 aliphatic rings. The second-order valence-electron chi connectivity index (χ2n) is 3.93. The van der Waals surface area contributed by atoms with E-state index in [9.17, 15) is 4.79 Å². The summed E-state index contributed by atoms with van der Waals surface area (Å²) in [6.07, 6.45) is 3.20. The Hall–Kier alpha value is -0.545. The Morgan fingerprint density at radius 3 is 2.20 bits per heavy atom. The predicted octanol–water partition coefficient (Wildman–Crippen LogP) is 1.38. The first-order valence-corrected chi connectivity index (χ1v) is 5.61. The minimum absolute atomic E-state index is 0.145. The third-order valence-corrected chi connectivity index (χ3v) is 2.89. The first kappa shape index (κ1) is 14.5. The minimum Gasteiger partial charge on any atom is -0.481 e. The van der Waals surface area contributed by atoms with E-state index in [0.29, 0.717) is 19.2 Å². The van der Waals surface area contributed by atoms with E-state index in [0.717, 1.165) is 12.8 Å². The van der Waals surface area contributed by atoms with Crippen LogP contribution in [-0.4, -0.2) is 28.2 Å². The number of hydrogen-bond donors (Lipinski definition) is 3. The fraction of sp³-hybridized carbons (Fsp3) is 0.900. The molecule has 0 saturated carbocycles. The summed E-state index contributed by atoms with van der Waals surface area (Å²) in [5.41, 5.74) is 0. The van der Waals surface area contributed by atoms with Crippen molar-refractivity contribution < 1.29 is 19.9 Å². The zero-order valence-corrected chi connectivity index (χ0v) is 9.52. The van der Waals surface area contributed by atoms with Gasteiger partial charge in [0.05, 0.1) is 5.92 Å². The average molecular weight is 216 g/mol. The van der Waals surface area contributed by atoms with Crippen molar-refractivity contribution in [2.24, 2.45) is 11.8 Å². The van der Waals surface area contributed by atoms with Gasteiger partial charge in [0.15, 0.2) is 0 Å². The molecule has 0 aromatic rings. The monoisotopic (exact) mass is 216 g/mol. The van der Waals surface area contributed by atoms with Crippen LogP contribution in [0.5, 0.6) is 0 Å². The Bertz CT molecular complexity index is 184. The molecule has 0 radical (unpaired) electrons. The molecule has 0 aromatic carbocycles. The van der Waals surface area contributed by atoms with Gasteiger partial charge in [0.25, 0.3) is 0 Å². The zero-order valence-electron chi connectivity index (χ0n) is 9.52. The summed E-state index contributed by atoms with van der Waals surface area (Å²) >= 11 is 0. The van der Waals surface area contributed by atoms with Crippen LogP contribution in [0.25, 0.3) is 0 Å². The van der Waals surface area contributed by atoms with Gasteiger partial charge in [-0.25, -0.2) is 0 Å². The Morgan fingerprint density at radius 2 is 1.87 bits per heavy atom. The van der Waals surface area contributed by atoms with Gasteiger partial charge in [0, 0.05) is 0 Å². The van der Waals surface area contributed by atoms with Crippen molar-refractivity contribution in [2.75, 3.05) is 0 Å². The lowest BCUT2D eigenvalue weighted by Crippen LogP contribution is -2.23. The Labute approximate surface area is 91.5 Å². The van der Waals surface area contributed by atoms with Crippen LogP contribution in [0.3, 0.4) is 0 Å². The maximum atomic E-state index is 10.9. The van der Waals surface area contributed by atoms with Gasteiger partial charge in [-0.05, 0) is 18.7 Å². The highest BCUT2D eigenvalue weighted by Crippen LogP contribution is 2.25. The van der Waals surface area contributed by atoms with Crippen molar-refractivity contribution in [3.63, 3.8) is 0 Å². The van der Waals surface area contributed by atoms with Crippen molar-refractivity contribution >= 4 is 13.1 Å². The van der Waals surface area contributed by atoms with Crippen LogP contribution in [0.2, 0.25) is 6.32 Å². The normalized spacial score (nSPS) is 14.7. The van der Waals surface area contributed by atoms with Crippen molar-refractivity contribution in [1.82, 2.24) is 0 Å². The largest absolute Gasteiger partial charge is 0.481 e. The van der Waals surface area contributed by atoms with Crippen LogP contribution in [-0.2, 0) is 4.79 Å². The van der Waals surface area contributed by atoms with Crippen LogP contribution in [0.1, 0.15) is 39.5 Å².